The van der Waals surface area contributed by atoms with Crippen LogP contribution in [0.15, 0.2) is 0 Å². The molecule has 0 saturated heterocycles. The molecule has 2 aliphatic rings. The SMILES string of the molecule is CSC1CCCC(NC(C)C(=O)NC2CCCCC2)C1. The summed E-state index contributed by atoms with van der Waals surface area (Å²) in [5, 5.41) is 7.55. The Morgan fingerprint density at radius 3 is 2.45 bits per heavy atom. The first kappa shape index (κ1) is 16.2. The fraction of sp³-hybridized carbons (Fsp3) is 0.938. The molecule has 0 aromatic carbocycles. The maximum atomic E-state index is 12.3. The maximum absolute atomic E-state index is 12.3. The molecule has 4 heteroatoms. The molecule has 0 radical (unpaired) electrons. The molecule has 2 fully saturated rings. The van der Waals surface area contributed by atoms with Crippen molar-refractivity contribution in [1.82, 2.24) is 10.6 Å². The van der Waals surface area contributed by atoms with E-state index in [9.17, 15) is 4.79 Å². The molecule has 0 aromatic rings. The van der Waals surface area contributed by atoms with Crippen LogP contribution in [0.2, 0.25) is 0 Å². The van der Waals surface area contributed by atoms with Crippen LogP contribution >= 0.6 is 11.8 Å². The van der Waals surface area contributed by atoms with Crippen LogP contribution in [0.5, 0.6) is 0 Å². The van der Waals surface area contributed by atoms with Gasteiger partial charge in [-0.15, -0.1) is 0 Å². The van der Waals surface area contributed by atoms with Crippen LogP contribution in [0.4, 0.5) is 0 Å². The largest absolute Gasteiger partial charge is 0.352 e. The molecular weight excluding hydrogens is 268 g/mol. The molecule has 0 spiro atoms. The molecule has 3 atom stereocenters. The van der Waals surface area contributed by atoms with Gasteiger partial charge in [0.1, 0.15) is 0 Å². The fourth-order valence-corrected chi connectivity index (χ4v) is 4.34. The summed E-state index contributed by atoms with van der Waals surface area (Å²) in [6.07, 6.45) is 13.5. The van der Waals surface area contributed by atoms with Gasteiger partial charge in [-0.1, -0.05) is 25.7 Å². The molecule has 116 valence electrons. The van der Waals surface area contributed by atoms with Gasteiger partial charge in [0, 0.05) is 17.3 Å². The summed E-state index contributed by atoms with van der Waals surface area (Å²) >= 11 is 1.97. The molecule has 3 nitrogen and oxygen atoms in total. The van der Waals surface area contributed by atoms with Gasteiger partial charge in [0.25, 0.3) is 0 Å². The van der Waals surface area contributed by atoms with Gasteiger partial charge in [-0.2, -0.15) is 11.8 Å². The lowest BCUT2D eigenvalue weighted by atomic mass is 9.94. The number of carbonyl (C=O) groups excluding carboxylic acids is 1. The molecule has 1 amide bonds. The normalized spacial score (nSPS) is 29.9. The Hall–Kier alpha value is -0.220. The molecule has 2 saturated carbocycles. The molecule has 0 bridgehead atoms. The minimum atomic E-state index is -0.0532. The van der Waals surface area contributed by atoms with E-state index < -0.39 is 0 Å². The number of amides is 1. The quantitative estimate of drug-likeness (QED) is 0.819. The van der Waals surface area contributed by atoms with Gasteiger partial charge in [0.2, 0.25) is 5.91 Å². The monoisotopic (exact) mass is 298 g/mol. The van der Waals surface area contributed by atoms with E-state index in [0.29, 0.717) is 12.1 Å². The second-order valence-electron chi connectivity index (χ2n) is 6.45. The van der Waals surface area contributed by atoms with E-state index in [1.807, 2.05) is 18.7 Å². The first-order chi connectivity index (χ1) is 9.69. The van der Waals surface area contributed by atoms with E-state index in [1.54, 1.807) is 0 Å². The van der Waals surface area contributed by atoms with Gasteiger partial charge in [-0.25, -0.2) is 0 Å². The van der Waals surface area contributed by atoms with E-state index in [2.05, 4.69) is 16.9 Å². The number of thioether (sulfide) groups is 1. The third-order valence-corrected chi connectivity index (χ3v) is 5.88. The van der Waals surface area contributed by atoms with Gasteiger partial charge in [0.05, 0.1) is 6.04 Å². The van der Waals surface area contributed by atoms with Gasteiger partial charge < -0.3 is 10.6 Å². The van der Waals surface area contributed by atoms with E-state index in [-0.39, 0.29) is 11.9 Å². The zero-order chi connectivity index (χ0) is 14.4. The molecule has 2 N–H and O–H groups in total. The van der Waals surface area contributed by atoms with Crippen molar-refractivity contribution in [3.8, 4) is 0 Å². The Labute approximate surface area is 128 Å². The smallest absolute Gasteiger partial charge is 0.237 e. The summed E-state index contributed by atoms with van der Waals surface area (Å²) in [5.74, 6) is 0.197. The molecule has 20 heavy (non-hydrogen) atoms. The Bertz CT molecular complexity index is 305. The summed E-state index contributed by atoms with van der Waals surface area (Å²) in [6, 6.07) is 0.890. The Morgan fingerprint density at radius 2 is 1.75 bits per heavy atom. The summed E-state index contributed by atoms with van der Waals surface area (Å²) in [7, 11) is 0. The van der Waals surface area contributed by atoms with Crippen molar-refractivity contribution in [2.24, 2.45) is 0 Å². The van der Waals surface area contributed by atoms with Crippen molar-refractivity contribution in [1.29, 1.82) is 0 Å². The number of hydrogen-bond donors (Lipinski definition) is 2. The predicted molar refractivity (Wildman–Crippen MR) is 87.2 cm³/mol. The summed E-state index contributed by atoms with van der Waals surface area (Å²) in [6.45, 7) is 2.01. The highest BCUT2D eigenvalue weighted by Gasteiger charge is 2.25. The number of rotatable bonds is 5. The molecule has 0 aliphatic heterocycles. The van der Waals surface area contributed by atoms with Crippen LogP contribution in [0.1, 0.15) is 64.7 Å². The summed E-state index contributed by atoms with van der Waals surface area (Å²) in [4.78, 5) is 12.3. The molecule has 2 aliphatic carbocycles. The van der Waals surface area contributed by atoms with Crippen LogP contribution < -0.4 is 10.6 Å². The standard InChI is InChI=1S/C16H30N2OS/c1-12(16(19)18-13-7-4-3-5-8-13)17-14-9-6-10-15(11-14)20-2/h12-15,17H,3-11H2,1-2H3,(H,18,19). The highest BCUT2D eigenvalue weighted by molar-refractivity contribution is 7.99. The van der Waals surface area contributed by atoms with Gasteiger partial charge in [-0.05, 0) is 45.3 Å². The summed E-state index contributed by atoms with van der Waals surface area (Å²) < 4.78 is 0. The van der Waals surface area contributed by atoms with Crippen molar-refractivity contribution < 1.29 is 4.79 Å². The lowest BCUT2D eigenvalue weighted by Crippen LogP contribution is -2.50. The van der Waals surface area contributed by atoms with Gasteiger partial charge in [0.15, 0.2) is 0 Å². The topological polar surface area (TPSA) is 41.1 Å². The highest BCUT2D eigenvalue weighted by Crippen LogP contribution is 2.27. The first-order valence-corrected chi connectivity index (χ1v) is 9.57. The Kier molecular flexibility index (Phi) is 6.69. The average Bonchev–Trinajstić information content (AvgIpc) is 2.48. The zero-order valence-corrected chi connectivity index (χ0v) is 13.8. The zero-order valence-electron chi connectivity index (χ0n) is 13.0. The third-order valence-electron chi connectivity index (χ3n) is 4.79. The lowest BCUT2D eigenvalue weighted by Gasteiger charge is -2.31. The van der Waals surface area contributed by atoms with E-state index >= 15 is 0 Å². The van der Waals surface area contributed by atoms with Crippen molar-refractivity contribution >= 4 is 17.7 Å². The van der Waals surface area contributed by atoms with Crippen LogP contribution in [0.3, 0.4) is 0 Å². The minimum Gasteiger partial charge on any atom is -0.352 e. The van der Waals surface area contributed by atoms with E-state index in [4.69, 9.17) is 0 Å². The molecule has 0 aromatic heterocycles. The number of carbonyl (C=O) groups is 1. The van der Waals surface area contributed by atoms with E-state index in [0.717, 1.165) is 18.1 Å². The number of nitrogens with one attached hydrogen (secondary N) is 2. The summed E-state index contributed by atoms with van der Waals surface area (Å²) in [5.41, 5.74) is 0. The lowest BCUT2D eigenvalue weighted by molar-refractivity contribution is -0.123. The van der Waals surface area contributed by atoms with Gasteiger partial charge >= 0.3 is 0 Å². The maximum Gasteiger partial charge on any atom is 0.237 e. The minimum absolute atomic E-state index is 0.0532. The first-order valence-electron chi connectivity index (χ1n) is 8.28. The molecule has 3 unspecified atom stereocenters. The van der Waals surface area contributed by atoms with Crippen LogP contribution in [-0.2, 0) is 4.79 Å². The van der Waals surface area contributed by atoms with E-state index in [1.165, 1.54) is 44.9 Å². The van der Waals surface area contributed by atoms with Crippen molar-refractivity contribution in [2.75, 3.05) is 6.26 Å². The highest BCUT2D eigenvalue weighted by atomic mass is 32.2. The molecule has 2 rings (SSSR count). The average molecular weight is 298 g/mol. The van der Waals surface area contributed by atoms with Gasteiger partial charge in [-0.3, -0.25) is 4.79 Å². The van der Waals surface area contributed by atoms with Crippen LogP contribution in [0.25, 0.3) is 0 Å². The van der Waals surface area contributed by atoms with Crippen molar-refractivity contribution in [3.63, 3.8) is 0 Å². The second-order valence-corrected chi connectivity index (χ2v) is 7.59. The van der Waals surface area contributed by atoms with Crippen LogP contribution in [0, 0.1) is 0 Å². The fourth-order valence-electron chi connectivity index (χ4n) is 3.51. The van der Waals surface area contributed by atoms with Crippen molar-refractivity contribution in [2.45, 2.75) is 88.1 Å². The second kappa shape index (κ2) is 8.28. The third kappa shape index (κ3) is 4.96. The van der Waals surface area contributed by atoms with Crippen molar-refractivity contribution in [3.05, 3.63) is 0 Å². The van der Waals surface area contributed by atoms with Crippen LogP contribution in [-0.4, -0.2) is 35.5 Å². The molecule has 0 heterocycles. The Balaban J connectivity index is 1.72. The number of hydrogen-bond acceptors (Lipinski definition) is 3. The Morgan fingerprint density at radius 1 is 1.05 bits per heavy atom. The predicted octanol–water partition coefficient (Wildman–Crippen LogP) is 3.09. The molecular formula is C16H30N2OS.